The van der Waals surface area contributed by atoms with Gasteiger partial charge in [-0.2, -0.15) is 0 Å². The Balaban J connectivity index is 2.56. The number of phosphoric acid groups is 3. The van der Waals surface area contributed by atoms with Crippen molar-refractivity contribution in [2.75, 3.05) is 6.61 Å². The van der Waals surface area contributed by atoms with Gasteiger partial charge in [0.2, 0.25) is 0 Å². The Morgan fingerprint density at radius 2 is 1.71 bits per heavy atom. The van der Waals surface area contributed by atoms with Crippen LogP contribution in [0.4, 0.5) is 0 Å². The fourth-order valence-electron chi connectivity index (χ4n) is 1.54. The molecule has 15 heteroatoms. The van der Waals surface area contributed by atoms with Crippen LogP contribution in [-0.2, 0) is 31.6 Å². The molecule has 0 aliphatic carbocycles. The highest BCUT2D eigenvalue weighted by molar-refractivity contribution is 7.64. The van der Waals surface area contributed by atoms with Gasteiger partial charge < -0.3 is 38.5 Å². The lowest BCUT2D eigenvalue weighted by Crippen LogP contribution is -2.27. The molecule has 12 nitrogen and oxygen atoms in total. The van der Waals surface area contributed by atoms with Gasteiger partial charge in [-0.15, -0.1) is 0 Å². The Morgan fingerprint density at radius 1 is 1.14 bits per heavy atom. The van der Waals surface area contributed by atoms with E-state index in [9.17, 15) is 38.4 Å². The fourth-order valence-corrected chi connectivity index (χ4v) is 4.40. The lowest BCUT2D eigenvalue weighted by atomic mass is 10.1. The molecule has 0 aromatic rings. The minimum atomic E-state index is -6.01. The number of hydrogen-bond acceptors (Lipinski definition) is 12. The smallest absolute Gasteiger partial charge is 0.278 e. The monoisotopic (exact) mass is 368 g/mol. The van der Waals surface area contributed by atoms with Gasteiger partial charge in [0.05, 0.1) is 26.6 Å². The summed E-state index contributed by atoms with van der Waals surface area (Å²) in [7, 11) is -17.5. The number of hydrogen-bond donors (Lipinski definition) is 1. The molecule has 1 saturated heterocycles. The number of ether oxygens (including phenoxy) is 1. The molecule has 126 valence electrons. The molecule has 0 aromatic carbocycles. The van der Waals surface area contributed by atoms with Crippen LogP contribution in [0.15, 0.2) is 0 Å². The summed E-state index contributed by atoms with van der Waals surface area (Å²) in [5.41, 5.74) is 0. The standard InChI is InChI=1S/C6H15O12P3/c1-4-2-5(7)6(16-4)3-15-20(11,12)18-21(13,14)17-19(8,9)10/h4-7H,2-3H2,1H3,(H,11,12)(H,13,14)(H2,8,9,10)/p-4. The molecule has 0 bridgehead atoms. The van der Waals surface area contributed by atoms with Crippen LogP contribution in [0.1, 0.15) is 13.3 Å². The minimum absolute atomic E-state index is 0.219. The van der Waals surface area contributed by atoms with Gasteiger partial charge in [-0.1, -0.05) is 0 Å². The average Bonchev–Trinajstić information content (AvgIpc) is 2.48. The van der Waals surface area contributed by atoms with E-state index >= 15 is 0 Å². The maximum Gasteiger partial charge on any atom is 0.278 e. The molecule has 0 aromatic heterocycles. The van der Waals surface area contributed by atoms with E-state index in [1.807, 2.05) is 0 Å². The molecule has 1 fully saturated rings. The second-order valence-electron chi connectivity index (χ2n) is 4.09. The lowest BCUT2D eigenvalue weighted by Gasteiger charge is -2.37. The SMILES string of the molecule is CC1CC(O)C(COP(=O)([O-])OP(=O)([O-])OP(=O)([O-])[O-])O1. The first-order valence-electron chi connectivity index (χ1n) is 5.34. The van der Waals surface area contributed by atoms with Crippen molar-refractivity contribution in [1.82, 2.24) is 0 Å². The molecular formula is C6H11O12P3-4. The van der Waals surface area contributed by atoms with Crippen LogP contribution in [-0.4, -0.2) is 30.0 Å². The van der Waals surface area contributed by atoms with Crippen LogP contribution in [0.5, 0.6) is 0 Å². The molecule has 0 saturated carbocycles. The van der Waals surface area contributed by atoms with Gasteiger partial charge >= 0.3 is 0 Å². The van der Waals surface area contributed by atoms with Crippen molar-refractivity contribution in [3.63, 3.8) is 0 Å². The van der Waals surface area contributed by atoms with Gasteiger partial charge in [0.1, 0.15) is 6.10 Å². The summed E-state index contributed by atoms with van der Waals surface area (Å²) in [5.74, 6) is 0. The highest BCUT2D eigenvalue weighted by Gasteiger charge is 2.33. The van der Waals surface area contributed by atoms with Crippen LogP contribution in [0.25, 0.3) is 0 Å². The normalized spacial score (nSPS) is 32.6. The largest absolute Gasteiger partial charge is 0.790 e. The topological polar surface area (TPSA) is 201 Å². The van der Waals surface area contributed by atoms with Crippen molar-refractivity contribution in [2.45, 2.75) is 31.7 Å². The van der Waals surface area contributed by atoms with E-state index in [2.05, 4.69) is 13.1 Å². The van der Waals surface area contributed by atoms with E-state index in [0.717, 1.165) is 0 Å². The first-order valence-corrected chi connectivity index (χ1v) is 9.73. The fraction of sp³-hybridized carbons (Fsp3) is 1.00. The summed E-state index contributed by atoms with van der Waals surface area (Å²) in [6.45, 7) is 0.842. The second-order valence-corrected chi connectivity index (χ2v) is 8.34. The molecule has 1 aliphatic heterocycles. The van der Waals surface area contributed by atoms with Gasteiger partial charge in [0.25, 0.3) is 15.6 Å². The van der Waals surface area contributed by atoms with E-state index in [4.69, 9.17) is 4.74 Å². The molecule has 1 rings (SSSR count). The van der Waals surface area contributed by atoms with Crippen molar-refractivity contribution in [2.24, 2.45) is 0 Å². The van der Waals surface area contributed by atoms with E-state index in [1.54, 1.807) is 6.92 Å². The van der Waals surface area contributed by atoms with Crippen LogP contribution in [0.2, 0.25) is 0 Å². The zero-order valence-electron chi connectivity index (χ0n) is 10.4. The zero-order chi connectivity index (χ0) is 16.5. The number of aliphatic hydroxyl groups is 1. The summed E-state index contributed by atoms with van der Waals surface area (Å²) in [6, 6.07) is 0. The van der Waals surface area contributed by atoms with Crippen molar-refractivity contribution in [1.29, 1.82) is 0 Å². The Labute approximate surface area is 119 Å². The highest BCUT2D eigenvalue weighted by Crippen LogP contribution is 2.60. The molecule has 0 radical (unpaired) electrons. The molecule has 5 atom stereocenters. The molecule has 5 unspecified atom stereocenters. The van der Waals surface area contributed by atoms with Crippen molar-refractivity contribution < 1.29 is 56.3 Å². The molecule has 0 amide bonds. The maximum absolute atomic E-state index is 11.2. The first kappa shape index (κ1) is 19.4. The van der Waals surface area contributed by atoms with Crippen molar-refractivity contribution >= 4 is 23.5 Å². The summed E-state index contributed by atoms with van der Waals surface area (Å²) in [4.78, 5) is 42.2. The van der Waals surface area contributed by atoms with E-state index < -0.39 is 42.3 Å². The molecule has 0 spiro atoms. The molecule has 1 aliphatic rings. The highest BCUT2D eigenvalue weighted by atomic mass is 31.3. The summed E-state index contributed by atoms with van der Waals surface area (Å²) in [6.07, 6.45) is -2.21. The predicted molar refractivity (Wildman–Crippen MR) is 55.9 cm³/mol. The van der Waals surface area contributed by atoms with Gasteiger partial charge in [-0.25, -0.2) is 4.31 Å². The Morgan fingerprint density at radius 3 is 2.14 bits per heavy atom. The quantitative estimate of drug-likeness (QED) is 0.458. The lowest BCUT2D eigenvalue weighted by molar-refractivity contribution is -0.339. The minimum Gasteiger partial charge on any atom is -0.790 e. The number of phosphoric ester groups is 1. The number of aliphatic hydroxyl groups excluding tert-OH is 1. The van der Waals surface area contributed by atoms with Crippen LogP contribution in [0, 0.1) is 0 Å². The summed E-state index contributed by atoms with van der Waals surface area (Å²) >= 11 is 0. The Kier molecular flexibility index (Phi) is 6.31. The molecule has 21 heavy (non-hydrogen) atoms. The van der Waals surface area contributed by atoms with Crippen molar-refractivity contribution in [3.05, 3.63) is 0 Å². The summed E-state index contributed by atoms with van der Waals surface area (Å²) in [5, 5.41) is 9.44. The van der Waals surface area contributed by atoms with Crippen LogP contribution in [0.3, 0.4) is 0 Å². The van der Waals surface area contributed by atoms with Crippen molar-refractivity contribution in [3.8, 4) is 0 Å². The first-order chi connectivity index (χ1) is 9.30. The Bertz CT molecular complexity index is 499. The third kappa shape index (κ3) is 7.43. The van der Waals surface area contributed by atoms with E-state index in [-0.39, 0.29) is 12.5 Å². The van der Waals surface area contributed by atoms with E-state index in [1.165, 1.54) is 0 Å². The van der Waals surface area contributed by atoms with E-state index in [0.29, 0.717) is 0 Å². The number of rotatable bonds is 7. The summed E-state index contributed by atoms with van der Waals surface area (Å²) < 4.78 is 47.6. The predicted octanol–water partition coefficient (Wildman–Crippen LogP) is -2.66. The average molecular weight is 368 g/mol. The second kappa shape index (κ2) is 6.84. The van der Waals surface area contributed by atoms with Crippen LogP contribution >= 0.6 is 23.5 Å². The van der Waals surface area contributed by atoms with Crippen LogP contribution < -0.4 is 19.6 Å². The molecule has 1 heterocycles. The Hall–Kier alpha value is 0.330. The maximum atomic E-state index is 11.2. The van der Waals surface area contributed by atoms with Gasteiger partial charge in [-0.05, 0) is 6.92 Å². The zero-order valence-corrected chi connectivity index (χ0v) is 13.1. The molecule has 1 N–H and O–H groups in total. The third-order valence-corrected chi connectivity index (χ3v) is 5.87. The molecular weight excluding hydrogens is 357 g/mol. The third-order valence-electron chi connectivity index (χ3n) is 2.21. The van der Waals surface area contributed by atoms with Gasteiger partial charge in [-0.3, -0.25) is 13.4 Å². The van der Waals surface area contributed by atoms with Gasteiger partial charge in [0, 0.05) is 6.42 Å². The van der Waals surface area contributed by atoms with Gasteiger partial charge in [0.15, 0.2) is 0 Å².